The molecule has 2 rings (SSSR count). The van der Waals surface area contributed by atoms with Gasteiger partial charge in [-0.1, -0.05) is 25.0 Å². The van der Waals surface area contributed by atoms with Gasteiger partial charge >= 0.3 is 0 Å². The molecule has 102 valence electrons. The summed E-state index contributed by atoms with van der Waals surface area (Å²) in [4.78, 5) is 0. The topological polar surface area (TPSA) is 42.7 Å². The Balaban J connectivity index is 1.97. The third-order valence-electron chi connectivity index (χ3n) is 4.28. The van der Waals surface area contributed by atoms with Crippen LogP contribution >= 0.6 is 0 Å². The van der Waals surface area contributed by atoms with Gasteiger partial charge in [-0.05, 0) is 44.6 Å². The minimum absolute atomic E-state index is 0.653. The lowest BCUT2D eigenvalue weighted by Gasteiger charge is -2.35. The van der Waals surface area contributed by atoms with Crippen molar-refractivity contribution in [2.45, 2.75) is 51.5 Å². The standard InChI is InChI=1S/C14H26N4/c1-4-5-11-6-7-14(15-2)12(8-11)9-13-10-18(3)17-16-13/h10-12,14-15H,4-9H2,1-3H3. The number of nitrogens with one attached hydrogen (secondary N) is 1. The first-order valence-electron chi connectivity index (χ1n) is 7.25. The summed E-state index contributed by atoms with van der Waals surface area (Å²) in [5.41, 5.74) is 1.14. The van der Waals surface area contributed by atoms with Gasteiger partial charge in [-0.25, -0.2) is 0 Å². The van der Waals surface area contributed by atoms with Crippen molar-refractivity contribution in [3.63, 3.8) is 0 Å². The number of aromatic nitrogens is 3. The van der Waals surface area contributed by atoms with Gasteiger partial charge in [0.05, 0.1) is 5.69 Å². The van der Waals surface area contributed by atoms with Crippen LogP contribution in [0, 0.1) is 11.8 Å². The molecule has 0 aliphatic heterocycles. The van der Waals surface area contributed by atoms with E-state index in [4.69, 9.17) is 0 Å². The lowest BCUT2D eigenvalue weighted by molar-refractivity contribution is 0.199. The van der Waals surface area contributed by atoms with E-state index in [9.17, 15) is 0 Å². The molecule has 18 heavy (non-hydrogen) atoms. The van der Waals surface area contributed by atoms with E-state index in [1.54, 1.807) is 4.68 Å². The van der Waals surface area contributed by atoms with E-state index < -0.39 is 0 Å². The fourth-order valence-electron chi connectivity index (χ4n) is 3.39. The Kier molecular flexibility index (Phi) is 4.75. The average molecular weight is 250 g/mol. The van der Waals surface area contributed by atoms with E-state index in [0.717, 1.165) is 24.0 Å². The SMILES string of the molecule is CCCC1CCC(NC)C(Cc2cn(C)nn2)C1. The molecular weight excluding hydrogens is 224 g/mol. The summed E-state index contributed by atoms with van der Waals surface area (Å²) in [6.45, 7) is 2.29. The largest absolute Gasteiger partial charge is 0.317 e. The second kappa shape index (κ2) is 6.32. The van der Waals surface area contributed by atoms with Gasteiger partial charge in [0.15, 0.2) is 0 Å². The van der Waals surface area contributed by atoms with Gasteiger partial charge in [-0.3, -0.25) is 4.68 Å². The summed E-state index contributed by atoms with van der Waals surface area (Å²) >= 11 is 0. The third kappa shape index (κ3) is 3.31. The highest BCUT2D eigenvalue weighted by atomic mass is 15.4. The highest BCUT2D eigenvalue weighted by Gasteiger charge is 2.29. The second-order valence-electron chi connectivity index (χ2n) is 5.71. The smallest absolute Gasteiger partial charge is 0.0830 e. The molecule has 1 aliphatic rings. The zero-order valence-electron chi connectivity index (χ0n) is 11.9. The molecule has 1 aliphatic carbocycles. The fourth-order valence-corrected chi connectivity index (χ4v) is 3.39. The van der Waals surface area contributed by atoms with Gasteiger partial charge in [-0.2, -0.15) is 0 Å². The van der Waals surface area contributed by atoms with Crippen molar-refractivity contribution in [3.05, 3.63) is 11.9 Å². The van der Waals surface area contributed by atoms with Crippen molar-refractivity contribution in [3.8, 4) is 0 Å². The Bertz CT molecular complexity index is 360. The van der Waals surface area contributed by atoms with Gasteiger partial charge in [0.2, 0.25) is 0 Å². The average Bonchev–Trinajstić information content (AvgIpc) is 2.76. The predicted octanol–water partition coefficient (Wildman–Crippen LogP) is 2.16. The quantitative estimate of drug-likeness (QED) is 0.871. The normalized spacial score (nSPS) is 28.5. The van der Waals surface area contributed by atoms with E-state index in [-0.39, 0.29) is 0 Å². The highest BCUT2D eigenvalue weighted by Crippen LogP contribution is 2.33. The van der Waals surface area contributed by atoms with Crippen molar-refractivity contribution < 1.29 is 0 Å². The minimum atomic E-state index is 0.653. The molecule has 1 heterocycles. The molecule has 0 saturated heterocycles. The van der Waals surface area contributed by atoms with Crippen LogP contribution in [0.15, 0.2) is 6.20 Å². The maximum absolute atomic E-state index is 4.23. The molecule has 4 nitrogen and oxygen atoms in total. The van der Waals surface area contributed by atoms with Crippen LogP contribution < -0.4 is 5.32 Å². The Morgan fingerprint density at radius 2 is 2.28 bits per heavy atom. The first-order chi connectivity index (χ1) is 8.72. The van der Waals surface area contributed by atoms with Gasteiger partial charge in [0.1, 0.15) is 0 Å². The zero-order valence-corrected chi connectivity index (χ0v) is 11.9. The van der Waals surface area contributed by atoms with Gasteiger partial charge in [0.25, 0.3) is 0 Å². The maximum Gasteiger partial charge on any atom is 0.0830 e. The lowest BCUT2D eigenvalue weighted by atomic mass is 9.74. The van der Waals surface area contributed by atoms with Crippen LogP contribution in [0.25, 0.3) is 0 Å². The third-order valence-corrected chi connectivity index (χ3v) is 4.28. The van der Waals surface area contributed by atoms with Crippen LogP contribution in [0.2, 0.25) is 0 Å². The van der Waals surface area contributed by atoms with E-state index in [2.05, 4.69) is 35.8 Å². The van der Waals surface area contributed by atoms with Crippen LogP contribution in [0.3, 0.4) is 0 Å². The van der Waals surface area contributed by atoms with Crippen LogP contribution in [-0.4, -0.2) is 28.1 Å². The zero-order chi connectivity index (χ0) is 13.0. The van der Waals surface area contributed by atoms with Crippen LogP contribution in [-0.2, 0) is 13.5 Å². The van der Waals surface area contributed by atoms with Crippen molar-refractivity contribution in [2.75, 3.05) is 7.05 Å². The van der Waals surface area contributed by atoms with E-state index in [1.165, 1.54) is 32.1 Å². The van der Waals surface area contributed by atoms with E-state index in [0.29, 0.717) is 6.04 Å². The minimum Gasteiger partial charge on any atom is -0.317 e. The fraction of sp³-hybridized carbons (Fsp3) is 0.857. The van der Waals surface area contributed by atoms with E-state index >= 15 is 0 Å². The molecule has 1 aromatic heterocycles. The molecule has 3 unspecified atom stereocenters. The van der Waals surface area contributed by atoms with Gasteiger partial charge in [0, 0.05) is 19.3 Å². The molecular formula is C14H26N4. The van der Waals surface area contributed by atoms with Gasteiger partial charge < -0.3 is 5.32 Å². The van der Waals surface area contributed by atoms with Crippen molar-refractivity contribution >= 4 is 0 Å². The Morgan fingerprint density at radius 1 is 1.44 bits per heavy atom. The van der Waals surface area contributed by atoms with E-state index in [1.807, 2.05) is 7.05 Å². The molecule has 0 radical (unpaired) electrons. The summed E-state index contributed by atoms with van der Waals surface area (Å²) in [5.74, 6) is 1.64. The van der Waals surface area contributed by atoms with Crippen molar-refractivity contribution in [2.24, 2.45) is 18.9 Å². The summed E-state index contributed by atoms with van der Waals surface area (Å²) < 4.78 is 1.80. The Morgan fingerprint density at radius 3 is 2.89 bits per heavy atom. The Hall–Kier alpha value is -0.900. The molecule has 1 fully saturated rings. The summed E-state index contributed by atoms with van der Waals surface area (Å²) in [7, 11) is 4.03. The van der Waals surface area contributed by atoms with Crippen LogP contribution in [0.4, 0.5) is 0 Å². The predicted molar refractivity (Wildman–Crippen MR) is 73.3 cm³/mol. The highest BCUT2D eigenvalue weighted by molar-refractivity contribution is 4.98. The molecule has 0 aromatic carbocycles. The summed E-state index contributed by atoms with van der Waals surface area (Å²) in [6.07, 6.45) is 9.86. The van der Waals surface area contributed by atoms with Crippen molar-refractivity contribution in [1.29, 1.82) is 0 Å². The first-order valence-corrected chi connectivity index (χ1v) is 7.25. The summed E-state index contributed by atoms with van der Waals surface area (Å²) in [5, 5.41) is 11.8. The molecule has 3 atom stereocenters. The molecule has 1 aromatic rings. The number of hydrogen-bond acceptors (Lipinski definition) is 3. The monoisotopic (exact) mass is 250 g/mol. The number of nitrogens with zero attached hydrogens (tertiary/aromatic N) is 3. The second-order valence-corrected chi connectivity index (χ2v) is 5.71. The Labute approximate surface area is 110 Å². The maximum atomic E-state index is 4.23. The van der Waals surface area contributed by atoms with Crippen molar-refractivity contribution in [1.82, 2.24) is 20.3 Å². The molecule has 0 amide bonds. The number of rotatable bonds is 5. The number of aryl methyl sites for hydroxylation is 1. The molecule has 0 bridgehead atoms. The van der Waals surface area contributed by atoms with Crippen LogP contribution in [0.5, 0.6) is 0 Å². The molecule has 0 spiro atoms. The lowest BCUT2D eigenvalue weighted by Crippen LogP contribution is -2.39. The first kappa shape index (κ1) is 13.5. The molecule has 1 saturated carbocycles. The van der Waals surface area contributed by atoms with Gasteiger partial charge in [-0.15, -0.1) is 5.10 Å². The molecule has 1 N–H and O–H groups in total. The summed E-state index contributed by atoms with van der Waals surface area (Å²) in [6, 6.07) is 0.653. The molecule has 4 heteroatoms. The number of hydrogen-bond donors (Lipinski definition) is 1. The van der Waals surface area contributed by atoms with Crippen LogP contribution in [0.1, 0.15) is 44.7 Å².